The van der Waals surface area contributed by atoms with Crippen molar-refractivity contribution in [1.29, 1.82) is 0 Å². The molecule has 0 heteroatoms. The molecule has 3 rings (SSSR count). The summed E-state index contributed by atoms with van der Waals surface area (Å²) >= 11 is 0. The molecule has 0 nitrogen and oxygen atoms in total. The van der Waals surface area contributed by atoms with Gasteiger partial charge in [0.1, 0.15) is 0 Å². The van der Waals surface area contributed by atoms with Crippen molar-refractivity contribution in [2.24, 2.45) is 0 Å². The zero-order valence-electron chi connectivity index (χ0n) is 9.06. The lowest BCUT2D eigenvalue weighted by Crippen LogP contribution is -1.87. The first-order valence-electron chi connectivity index (χ1n) is 5.63. The average Bonchev–Trinajstić information content (AvgIpc) is 2.39. The van der Waals surface area contributed by atoms with E-state index in [1.807, 2.05) is 0 Å². The lowest BCUT2D eigenvalue weighted by atomic mass is 9.95. The molecule has 2 aromatic rings. The highest BCUT2D eigenvalue weighted by atomic mass is 14.1. The minimum Gasteiger partial charge on any atom is -0.0799 e. The van der Waals surface area contributed by atoms with Crippen LogP contribution in [0.3, 0.4) is 0 Å². The Morgan fingerprint density at radius 1 is 0.875 bits per heavy atom. The second-order valence-corrected chi connectivity index (χ2v) is 4.02. The number of allylic oxidation sites excluding steroid dienone is 4. The number of fused-ring (bicyclic) bond motifs is 1. The van der Waals surface area contributed by atoms with Gasteiger partial charge in [0.25, 0.3) is 0 Å². The molecule has 0 saturated heterocycles. The van der Waals surface area contributed by atoms with Crippen LogP contribution >= 0.6 is 0 Å². The molecule has 0 aromatic heterocycles. The van der Waals surface area contributed by atoms with E-state index in [9.17, 15) is 0 Å². The summed E-state index contributed by atoms with van der Waals surface area (Å²) in [5, 5.41) is 2.65. The number of rotatable bonds is 1. The van der Waals surface area contributed by atoms with E-state index in [0.717, 1.165) is 6.42 Å². The third-order valence-electron chi connectivity index (χ3n) is 2.99. The smallest absolute Gasteiger partial charge is 0.0106 e. The Labute approximate surface area is 95.9 Å². The highest BCUT2D eigenvalue weighted by Gasteiger charge is 2.04. The summed E-state index contributed by atoms with van der Waals surface area (Å²) < 4.78 is 0. The predicted molar refractivity (Wildman–Crippen MR) is 70.0 cm³/mol. The van der Waals surface area contributed by atoms with Gasteiger partial charge >= 0.3 is 0 Å². The quantitative estimate of drug-likeness (QED) is 0.647. The highest BCUT2D eigenvalue weighted by Crippen LogP contribution is 2.27. The molecule has 0 atom stereocenters. The molecule has 0 N–H and O–H groups in total. The monoisotopic (exact) mass is 205 g/mol. The predicted octanol–water partition coefficient (Wildman–Crippen LogP) is 4.39. The fourth-order valence-corrected chi connectivity index (χ4v) is 2.19. The largest absolute Gasteiger partial charge is 0.0799 e. The van der Waals surface area contributed by atoms with E-state index in [2.05, 4.69) is 67.1 Å². The number of hydrogen-bond donors (Lipinski definition) is 0. The zero-order chi connectivity index (χ0) is 10.8. The van der Waals surface area contributed by atoms with Crippen LogP contribution in [0, 0.1) is 6.42 Å². The van der Waals surface area contributed by atoms with Crippen molar-refractivity contribution in [3.63, 3.8) is 0 Å². The van der Waals surface area contributed by atoms with Gasteiger partial charge in [0.2, 0.25) is 0 Å². The highest BCUT2D eigenvalue weighted by molar-refractivity contribution is 5.96. The molecule has 0 spiro atoms. The Morgan fingerprint density at radius 2 is 1.75 bits per heavy atom. The molecule has 0 saturated carbocycles. The normalized spacial score (nSPS) is 15.1. The fourth-order valence-electron chi connectivity index (χ4n) is 2.19. The molecule has 16 heavy (non-hydrogen) atoms. The van der Waals surface area contributed by atoms with Crippen LogP contribution in [-0.2, 0) is 0 Å². The van der Waals surface area contributed by atoms with E-state index in [0.29, 0.717) is 0 Å². The van der Waals surface area contributed by atoms with Gasteiger partial charge in [-0.1, -0.05) is 60.7 Å². The molecule has 0 heterocycles. The second kappa shape index (κ2) is 3.97. The molecular weight excluding hydrogens is 192 g/mol. The first-order chi connectivity index (χ1) is 7.95. The van der Waals surface area contributed by atoms with Gasteiger partial charge in [-0.3, -0.25) is 0 Å². The maximum absolute atomic E-state index is 2.28. The van der Waals surface area contributed by atoms with Crippen LogP contribution < -0.4 is 0 Å². The Balaban J connectivity index is 2.23. The van der Waals surface area contributed by atoms with E-state index >= 15 is 0 Å². The zero-order valence-corrected chi connectivity index (χ0v) is 9.06. The summed E-state index contributed by atoms with van der Waals surface area (Å²) in [6.45, 7) is 0. The summed E-state index contributed by atoms with van der Waals surface area (Å²) in [7, 11) is 0. The van der Waals surface area contributed by atoms with E-state index in [1.54, 1.807) is 0 Å². The van der Waals surface area contributed by atoms with Crippen molar-refractivity contribution in [1.82, 2.24) is 0 Å². The third-order valence-corrected chi connectivity index (χ3v) is 2.99. The van der Waals surface area contributed by atoms with Crippen LogP contribution in [0.15, 0.2) is 60.7 Å². The molecule has 0 unspecified atom stereocenters. The van der Waals surface area contributed by atoms with Crippen molar-refractivity contribution in [3.8, 4) is 0 Å². The van der Waals surface area contributed by atoms with Crippen molar-refractivity contribution >= 4 is 16.3 Å². The van der Waals surface area contributed by atoms with Gasteiger partial charge in [0.05, 0.1) is 0 Å². The van der Waals surface area contributed by atoms with Crippen molar-refractivity contribution < 1.29 is 0 Å². The first-order valence-corrected chi connectivity index (χ1v) is 5.63. The molecule has 1 radical (unpaired) electrons. The molecule has 2 aromatic carbocycles. The Kier molecular flexibility index (Phi) is 2.34. The first kappa shape index (κ1) is 9.41. The lowest BCUT2D eigenvalue weighted by Gasteiger charge is -2.10. The Bertz CT molecular complexity index is 568. The third kappa shape index (κ3) is 1.57. The SMILES string of the molecule is [CH]1C=CC(c2cccc3ccccc23)=CC1. The topological polar surface area (TPSA) is 0 Å². The van der Waals surface area contributed by atoms with Gasteiger partial charge in [0, 0.05) is 0 Å². The van der Waals surface area contributed by atoms with Gasteiger partial charge in [0.15, 0.2) is 0 Å². The van der Waals surface area contributed by atoms with Crippen LogP contribution in [0.4, 0.5) is 0 Å². The molecule has 1 aliphatic rings. The number of benzene rings is 2. The van der Waals surface area contributed by atoms with Crippen LogP contribution in [0.5, 0.6) is 0 Å². The summed E-state index contributed by atoms with van der Waals surface area (Å²) in [4.78, 5) is 0. The maximum Gasteiger partial charge on any atom is -0.0106 e. The van der Waals surface area contributed by atoms with Gasteiger partial charge in [-0.05, 0) is 34.8 Å². The fraction of sp³-hybridized carbons (Fsp3) is 0.0625. The maximum atomic E-state index is 2.28. The van der Waals surface area contributed by atoms with Gasteiger partial charge in [-0.15, -0.1) is 0 Å². The van der Waals surface area contributed by atoms with Crippen LogP contribution in [-0.4, -0.2) is 0 Å². The van der Waals surface area contributed by atoms with Crippen LogP contribution in [0.2, 0.25) is 0 Å². The van der Waals surface area contributed by atoms with Gasteiger partial charge < -0.3 is 0 Å². The standard InChI is InChI=1S/C16H13/c1-2-7-13(8-3-1)16-12-6-10-14-9-4-5-11-15(14)16/h1-2,4-12H,3H2. The Morgan fingerprint density at radius 3 is 2.62 bits per heavy atom. The second-order valence-electron chi connectivity index (χ2n) is 4.02. The van der Waals surface area contributed by atoms with Gasteiger partial charge in [-0.2, -0.15) is 0 Å². The summed E-state index contributed by atoms with van der Waals surface area (Å²) in [6.07, 6.45) is 9.81. The minimum absolute atomic E-state index is 1.04. The van der Waals surface area contributed by atoms with E-state index in [-0.39, 0.29) is 0 Å². The Hall–Kier alpha value is -1.82. The van der Waals surface area contributed by atoms with Crippen molar-refractivity contribution in [2.45, 2.75) is 6.42 Å². The van der Waals surface area contributed by atoms with Crippen molar-refractivity contribution in [3.05, 3.63) is 72.7 Å². The summed E-state index contributed by atoms with van der Waals surface area (Å²) in [6, 6.07) is 15.0. The molecule has 1 aliphatic carbocycles. The van der Waals surface area contributed by atoms with Gasteiger partial charge in [-0.25, -0.2) is 0 Å². The van der Waals surface area contributed by atoms with E-state index < -0.39 is 0 Å². The summed E-state index contributed by atoms with van der Waals surface area (Å²) in [5.41, 5.74) is 2.67. The molecular formula is C16H13. The van der Waals surface area contributed by atoms with Crippen LogP contribution in [0.25, 0.3) is 16.3 Å². The molecule has 77 valence electrons. The van der Waals surface area contributed by atoms with E-state index in [1.165, 1.54) is 21.9 Å². The van der Waals surface area contributed by atoms with Crippen molar-refractivity contribution in [2.75, 3.05) is 0 Å². The lowest BCUT2D eigenvalue weighted by molar-refractivity contribution is 1.27. The molecule has 0 bridgehead atoms. The summed E-state index contributed by atoms with van der Waals surface area (Å²) in [5.74, 6) is 0. The molecule has 0 amide bonds. The minimum atomic E-state index is 1.04. The number of hydrogen-bond acceptors (Lipinski definition) is 0. The van der Waals surface area contributed by atoms with E-state index in [4.69, 9.17) is 0 Å². The molecule has 0 aliphatic heterocycles. The average molecular weight is 205 g/mol. The molecule has 0 fully saturated rings. The van der Waals surface area contributed by atoms with Crippen LogP contribution in [0.1, 0.15) is 12.0 Å².